The second-order valence-electron chi connectivity index (χ2n) is 3.48. The van der Waals surface area contributed by atoms with E-state index in [4.69, 9.17) is 5.73 Å². The van der Waals surface area contributed by atoms with Crippen molar-refractivity contribution in [2.75, 3.05) is 16.8 Å². The summed E-state index contributed by atoms with van der Waals surface area (Å²) in [4.78, 5) is 15.8. The lowest BCUT2D eigenvalue weighted by molar-refractivity contribution is -0.113. The molecule has 4 nitrogen and oxygen atoms in total. The van der Waals surface area contributed by atoms with Crippen molar-refractivity contribution >= 4 is 71.7 Å². The Bertz CT molecular complexity index is 603. The molecule has 0 atom stereocenters. The molecular formula is C11H9Br2N3OS2. The van der Waals surface area contributed by atoms with Crippen LogP contribution in [0.2, 0.25) is 0 Å². The Labute approximate surface area is 135 Å². The summed E-state index contributed by atoms with van der Waals surface area (Å²) in [5.74, 6) is 0.254. The number of aromatic nitrogens is 1. The molecule has 1 aromatic heterocycles. The molecule has 0 aliphatic carbocycles. The van der Waals surface area contributed by atoms with Gasteiger partial charge in [-0.15, -0.1) is 11.8 Å². The second kappa shape index (κ2) is 6.74. The molecule has 0 spiro atoms. The van der Waals surface area contributed by atoms with Crippen LogP contribution in [0.25, 0.3) is 0 Å². The highest BCUT2D eigenvalue weighted by molar-refractivity contribution is 9.11. The van der Waals surface area contributed by atoms with Crippen LogP contribution in [0.4, 0.5) is 10.8 Å². The van der Waals surface area contributed by atoms with Gasteiger partial charge in [-0.3, -0.25) is 4.79 Å². The van der Waals surface area contributed by atoms with E-state index in [1.807, 2.05) is 18.2 Å². The fourth-order valence-electron chi connectivity index (χ4n) is 1.25. The first-order valence-corrected chi connectivity index (χ1v) is 8.52. The first kappa shape index (κ1) is 14.8. The number of nitrogens with one attached hydrogen (secondary N) is 1. The third-order valence-corrected chi connectivity index (χ3v) is 5.22. The molecule has 0 aliphatic rings. The van der Waals surface area contributed by atoms with E-state index in [-0.39, 0.29) is 5.91 Å². The number of benzene rings is 1. The summed E-state index contributed by atoms with van der Waals surface area (Å²) in [5, 5.41) is 3.35. The average Bonchev–Trinajstić information content (AvgIpc) is 2.76. The summed E-state index contributed by atoms with van der Waals surface area (Å²) >= 11 is 9.55. The van der Waals surface area contributed by atoms with Gasteiger partial charge in [-0.25, -0.2) is 4.98 Å². The van der Waals surface area contributed by atoms with Crippen LogP contribution < -0.4 is 11.1 Å². The van der Waals surface area contributed by atoms with Gasteiger partial charge in [0.15, 0.2) is 5.13 Å². The van der Waals surface area contributed by atoms with E-state index in [2.05, 4.69) is 42.2 Å². The van der Waals surface area contributed by atoms with Gasteiger partial charge in [0.2, 0.25) is 5.91 Å². The van der Waals surface area contributed by atoms with E-state index in [0.29, 0.717) is 10.9 Å². The molecular weight excluding hydrogens is 414 g/mol. The first-order valence-electron chi connectivity index (χ1n) is 5.13. The number of hydrogen-bond acceptors (Lipinski definition) is 5. The third kappa shape index (κ3) is 4.48. The number of hydrogen-bond donors (Lipinski definition) is 2. The summed E-state index contributed by atoms with van der Waals surface area (Å²) in [6.07, 6.45) is 1.67. The number of thiazole rings is 1. The molecule has 1 aromatic carbocycles. The van der Waals surface area contributed by atoms with Crippen molar-refractivity contribution in [3.63, 3.8) is 0 Å². The number of nitrogens with zero attached hydrogens (tertiary/aromatic N) is 1. The van der Waals surface area contributed by atoms with Crippen LogP contribution in [0.15, 0.2) is 37.6 Å². The lowest BCUT2D eigenvalue weighted by Crippen LogP contribution is -2.14. The van der Waals surface area contributed by atoms with Crippen LogP contribution in [-0.2, 0) is 4.79 Å². The van der Waals surface area contributed by atoms with Crippen LogP contribution in [0.1, 0.15) is 0 Å². The molecule has 8 heteroatoms. The van der Waals surface area contributed by atoms with Crippen molar-refractivity contribution in [1.29, 1.82) is 0 Å². The maximum Gasteiger partial charge on any atom is 0.234 e. The van der Waals surface area contributed by atoms with Crippen molar-refractivity contribution in [3.8, 4) is 0 Å². The summed E-state index contributed by atoms with van der Waals surface area (Å²) in [5.41, 5.74) is 6.27. The number of rotatable bonds is 4. The lowest BCUT2D eigenvalue weighted by atomic mass is 10.3. The number of nitrogen functional groups attached to an aromatic ring is 1. The van der Waals surface area contributed by atoms with Gasteiger partial charge < -0.3 is 11.1 Å². The Hall–Kier alpha value is -0.570. The SMILES string of the molecule is Nc1ncc(SCC(=O)Nc2ccc(Br)cc2Br)s1. The second-order valence-corrected chi connectivity index (χ2v) is 7.59. The quantitative estimate of drug-likeness (QED) is 0.731. The Morgan fingerprint density at radius 3 is 2.89 bits per heavy atom. The molecule has 0 saturated carbocycles. The molecule has 2 rings (SSSR count). The molecule has 0 bridgehead atoms. The van der Waals surface area contributed by atoms with Gasteiger partial charge in [0.05, 0.1) is 21.8 Å². The van der Waals surface area contributed by atoms with Gasteiger partial charge in [-0.1, -0.05) is 27.3 Å². The van der Waals surface area contributed by atoms with Crippen molar-refractivity contribution in [1.82, 2.24) is 4.98 Å². The first-order chi connectivity index (χ1) is 9.04. The van der Waals surface area contributed by atoms with Crippen LogP contribution in [0, 0.1) is 0 Å². The highest BCUT2D eigenvalue weighted by Crippen LogP contribution is 2.28. The topological polar surface area (TPSA) is 68.0 Å². The monoisotopic (exact) mass is 421 g/mol. The molecule has 3 N–H and O–H groups in total. The van der Waals surface area contributed by atoms with Gasteiger partial charge in [0, 0.05) is 8.95 Å². The van der Waals surface area contributed by atoms with E-state index in [1.165, 1.54) is 23.1 Å². The smallest absolute Gasteiger partial charge is 0.234 e. The maximum absolute atomic E-state index is 11.8. The van der Waals surface area contributed by atoms with Gasteiger partial charge in [0.1, 0.15) is 0 Å². The van der Waals surface area contributed by atoms with Crippen LogP contribution in [0.3, 0.4) is 0 Å². The summed E-state index contributed by atoms with van der Waals surface area (Å²) in [7, 11) is 0. The van der Waals surface area contributed by atoms with Crippen LogP contribution in [0.5, 0.6) is 0 Å². The van der Waals surface area contributed by atoms with Crippen molar-refractivity contribution in [3.05, 3.63) is 33.3 Å². The van der Waals surface area contributed by atoms with E-state index in [0.717, 1.165) is 18.8 Å². The molecule has 0 radical (unpaired) electrons. The van der Waals surface area contributed by atoms with Crippen molar-refractivity contribution in [2.45, 2.75) is 4.21 Å². The van der Waals surface area contributed by atoms with E-state index in [9.17, 15) is 4.79 Å². The van der Waals surface area contributed by atoms with Crippen molar-refractivity contribution in [2.24, 2.45) is 0 Å². The Balaban J connectivity index is 1.90. The molecule has 0 fully saturated rings. The summed E-state index contributed by atoms with van der Waals surface area (Å²) in [6, 6.07) is 5.59. The molecule has 1 amide bonds. The highest BCUT2D eigenvalue weighted by Gasteiger charge is 2.08. The molecule has 2 aromatic rings. The van der Waals surface area contributed by atoms with Gasteiger partial charge in [-0.05, 0) is 34.1 Å². The normalized spacial score (nSPS) is 10.4. The number of carbonyl (C=O) groups is 1. The number of halogens is 2. The Morgan fingerprint density at radius 1 is 1.47 bits per heavy atom. The fraction of sp³-hybridized carbons (Fsp3) is 0.0909. The molecule has 0 saturated heterocycles. The number of carbonyl (C=O) groups excluding carboxylic acids is 1. The standard InChI is InChI=1S/C11H9Br2N3OS2/c12-6-1-2-8(7(13)3-6)16-9(17)5-18-10-4-15-11(14)19-10/h1-4H,5H2,(H2,14,15)(H,16,17). The van der Waals surface area contributed by atoms with Gasteiger partial charge in [0.25, 0.3) is 0 Å². The zero-order valence-corrected chi connectivity index (χ0v) is 14.3. The van der Waals surface area contributed by atoms with Crippen molar-refractivity contribution < 1.29 is 4.79 Å². The predicted octanol–water partition coefficient (Wildman–Crippen LogP) is 3.98. The van der Waals surface area contributed by atoms with E-state index < -0.39 is 0 Å². The molecule has 100 valence electrons. The van der Waals surface area contributed by atoms with Crippen LogP contribution >= 0.6 is 55.0 Å². The lowest BCUT2D eigenvalue weighted by Gasteiger charge is -2.07. The average molecular weight is 423 g/mol. The zero-order chi connectivity index (χ0) is 13.8. The Kier molecular flexibility index (Phi) is 5.26. The van der Waals surface area contributed by atoms with Gasteiger partial charge >= 0.3 is 0 Å². The van der Waals surface area contributed by atoms with E-state index >= 15 is 0 Å². The summed E-state index contributed by atoms with van der Waals surface area (Å²) in [6.45, 7) is 0. The summed E-state index contributed by atoms with van der Waals surface area (Å²) < 4.78 is 2.72. The minimum Gasteiger partial charge on any atom is -0.375 e. The molecule has 19 heavy (non-hydrogen) atoms. The minimum atomic E-state index is -0.0695. The van der Waals surface area contributed by atoms with Crippen LogP contribution in [-0.4, -0.2) is 16.6 Å². The maximum atomic E-state index is 11.8. The largest absolute Gasteiger partial charge is 0.375 e. The highest BCUT2D eigenvalue weighted by atomic mass is 79.9. The number of anilines is 2. The van der Waals surface area contributed by atoms with E-state index in [1.54, 1.807) is 6.20 Å². The number of thioether (sulfide) groups is 1. The molecule has 0 aliphatic heterocycles. The van der Waals surface area contributed by atoms with Gasteiger partial charge in [-0.2, -0.15) is 0 Å². The minimum absolute atomic E-state index is 0.0695. The Morgan fingerprint density at radius 2 is 2.26 bits per heavy atom. The molecule has 1 heterocycles. The zero-order valence-electron chi connectivity index (χ0n) is 9.52. The number of amides is 1. The molecule has 0 unspecified atom stereocenters. The fourth-order valence-corrected chi connectivity index (χ4v) is 3.96. The number of nitrogens with two attached hydrogens (primary N) is 1. The third-order valence-electron chi connectivity index (χ3n) is 2.05. The predicted molar refractivity (Wildman–Crippen MR) is 87.7 cm³/mol.